The Hall–Kier alpha value is -2.14. The van der Waals surface area contributed by atoms with Gasteiger partial charge in [0.25, 0.3) is 0 Å². The normalized spacial score (nSPS) is 14.0. The molecular weight excluding hydrogens is 289 g/mol. The summed E-state index contributed by atoms with van der Waals surface area (Å²) in [6.07, 6.45) is 0.786. The van der Waals surface area contributed by atoms with Gasteiger partial charge in [0.05, 0.1) is 18.0 Å². The van der Waals surface area contributed by atoms with Crippen LogP contribution in [0.25, 0.3) is 0 Å². The number of thioether (sulfide) groups is 1. The fourth-order valence-corrected chi connectivity index (χ4v) is 3.27. The minimum atomic E-state index is -0.317. The average Bonchev–Trinajstić information content (AvgIpc) is 2.50. The molecule has 0 aromatic heterocycles. The Morgan fingerprint density at radius 2 is 2.10 bits per heavy atom. The van der Waals surface area contributed by atoms with Crippen LogP contribution in [0.4, 0.5) is 10.1 Å². The molecule has 21 heavy (non-hydrogen) atoms. The van der Waals surface area contributed by atoms with Crippen molar-refractivity contribution >= 4 is 29.6 Å². The number of rotatable bonds is 3. The number of aldehydes is 1. The van der Waals surface area contributed by atoms with Gasteiger partial charge in [0.1, 0.15) is 12.1 Å². The molecule has 2 aromatic rings. The highest BCUT2D eigenvalue weighted by atomic mass is 32.2. The summed E-state index contributed by atoms with van der Waals surface area (Å²) in [7, 11) is 0. The number of nitrogens with zero attached hydrogens (tertiary/aromatic N) is 1. The molecule has 0 spiro atoms. The first-order chi connectivity index (χ1) is 10.2. The molecule has 1 amide bonds. The molecule has 5 heteroatoms. The quantitative estimate of drug-likeness (QED) is 0.817. The summed E-state index contributed by atoms with van der Waals surface area (Å²) in [5, 5.41) is 0. The van der Waals surface area contributed by atoms with Crippen LogP contribution < -0.4 is 4.90 Å². The second-order valence-corrected chi connectivity index (χ2v) is 5.76. The second kappa shape index (κ2) is 5.69. The van der Waals surface area contributed by atoms with Crippen LogP contribution in [0.2, 0.25) is 0 Å². The summed E-state index contributed by atoms with van der Waals surface area (Å²) in [4.78, 5) is 25.5. The first-order valence-electron chi connectivity index (χ1n) is 6.44. The van der Waals surface area contributed by atoms with E-state index in [1.54, 1.807) is 35.2 Å². The van der Waals surface area contributed by atoms with Crippen LogP contribution in [-0.2, 0) is 11.3 Å². The second-order valence-electron chi connectivity index (χ2n) is 4.74. The van der Waals surface area contributed by atoms with Crippen LogP contribution in [0.3, 0.4) is 0 Å². The Balaban J connectivity index is 1.95. The van der Waals surface area contributed by atoms with Gasteiger partial charge in [0, 0.05) is 10.5 Å². The maximum absolute atomic E-state index is 13.3. The van der Waals surface area contributed by atoms with E-state index in [0.717, 1.165) is 22.4 Å². The zero-order valence-corrected chi connectivity index (χ0v) is 11.9. The van der Waals surface area contributed by atoms with Gasteiger partial charge in [0.15, 0.2) is 0 Å². The Labute approximate surface area is 125 Å². The van der Waals surface area contributed by atoms with Crippen molar-refractivity contribution in [3.63, 3.8) is 0 Å². The molecule has 1 aliphatic heterocycles. The van der Waals surface area contributed by atoms with Crippen molar-refractivity contribution in [3.05, 3.63) is 59.4 Å². The number of benzene rings is 2. The fraction of sp³-hybridized carbons (Fsp3) is 0.125. The smallest absolute Gasteiger partial charge is 0.237 e. The van der Waals surface area contributed by atoms with Gasteiger partial charge in [-0.2, -0.15) is 0 Å². The molecule has 0 atom stereocenters. The summed E-state index contributed by atoms with van der Waals surface area (Å²) in [5.74, 6) is -0.0107. The summed E-state index contributed by atoms with van der Waals surface area (Å²) >= 11 is 1.42. The molecule has 1 aliphatic rings. The van der Waals surface area contributed by atoms with E-state index in [-0.39, 0.29) is 11.7 Å². The number of hydrogen-bond donors (Lipinski definition) is 0. The maximum atomic E-state index is 13.3. The predicted molar refractivity (Wildman–Crippen MR) is 80.1 cm³/mol. The molecule has 0 aliphatic carbocycles. The summed E-state index contributed by atoms with van der Waals surface area (Å²) in [6, 6.07) is 11.4. The summed E-state index contributed by atoms with van der Waals surface area (Å²) in [6.45, 7) is 0.324. The van der Waals surface area contributed by atoms with Crippen LogP contribution in [0.15, 0.2) is 47.4 Å². The van der Waals surface area contributed by atoms with Crippen LogP contribution in [-0.4, -0.2) is 17.9 Å². The van der Waals surface area contributed by atoms with Crippen molar-refractivity contribution in [2.45, 2.75) is 11.4 Å². The molecule has 0 radical (unpaired) electrons. The largest absolute Gasteiger partial charge is 0.306 e. The minimum Gasteiger partial charge on any atom is -0.306 e. The van der Waals surface area contributed by atoms with E-state index < -0.39 is 0 Å². The lowest BCUT2D eigenvalue weighted by Gasteiger charge is -2.29. The molecule has 0 fully saturated rings. The van der Waals surface area contributed by atoms with Crippen molar-refractivity contribution in [2.24, 2.45) is 0 Å². The third-order valence-electron chi connectivity index (χ3n) is 3.29. The van der Waals surface area contributed by atoms with Gasteiger partial charge in [-0.25, -0.2) is 4.39 Å². The van der Waals surface area contributed by atoms with E-state index in [1.165, 1.54) is 23.9 Å². The average molecular weight is 301 g/mol. The van der Waals surface area contributed by atoms with E-state index in [9.17, 15) is 14.0 Å². The van der Waals surface area contributed by atoms with Crippen molar-refractivity contribution in [1.29, 1.82) is 0 Å². The van der Waals surface area contributed by atoms with E-state index in [1.807, 2.05) is 0 Å². The number of fused-ring (bicyclic) bond motifs is 1. The van der Waals surface area contributed by atoms with Crippen LogP contribution in [0, 0.1) is 5.82 Å². The molecule has 0 bridgehead atoms. The monoisotopic (exact) mass is 301 g/mol. The molecule has 0 saturated heterocycles. The number of carbonyl (C=O) groups is 2. The van der Waals surface area contributed by atoms with Crippen LogP contribution >= 0.6 is 11.8 Å². The standard InChI is InChI=1S/C16H12FNO2S/c17-13-3-1-2-11(6-13)8-18-14-5-4-12(9-19)7-15(14)21-10-16(18)20/h1-7,9H,8,10H2. The Kier molecular flexibility index (Phi) is 3.75. The zero-order chi connectivity index (χ0) is 14.8. The first-order valence-corrected chi connectivity index (χ1v) is 7.43. The van der Waals surface area contributed by atoms with E-state index in [0.29, 0.717) is 17.9 Å². The SMILES string of the molecule is O=Cc1ccc2c(c1)SCC(=O)N2Cc1cccc(F)c1. The third-order valence-corrected chi connectivity index (χ3v) is 4.32. The Morgan fingerprint density at radius 3 is 2.86 bits per heavy atom. The lowest BCUT2D eigenvalue weighted by molar-refractivity contribution is -0.116. The van der Waals surface area contributed by atoms with Crippen molar-refractivity contribution < 1.29 is 14.0 Å². The van der Waals surface area contributed by atoms with Crippen LogP contribution in [0.5, 0.6) is 0 Å². The lowest BCUT2D eigenvalue weighted by atomic mass is 10.1. The zero-order valence-electron chi connectivity index (χ0n) is 11.1. The Morgan fingerprint density at radius 1 is 1.24 bits per heavy atom. The number of halogens is 1. The summed E-state index contributed by atoms with van der Waals surface area (Å²) < 4.78 is 13.3. The molecule has 2 aromatic carbocycles. The highest BCUT2D eigenvalue weighted by molar-refractivity contribution is 8.00. The number of anilines is 1. The topological polar surface area (TPSA) is 37.4 Å². The van der Waals surface area contributed by atoms with Crippen molar-refractivity contribution in [2.75, 3.05) is 10.7 Å². The molecule has 0 unspecified atom stereocenters. The first kappa shape index (κ1) is 13.8. The van der Waals surface area contributed by atoms with Crippen LogP contribution in [0.1, 0.15) is 15.9 Å². The number of amides is 1. The minimum absolute atomic E-state index is 0.0179. The summed E-state index contributed by atoms with van der Waals surface area (Å²) in [5.41, 5.74) is 2.09. The van der Waals surface area contributed by atoms with Gasteiger partial charge in [-0.15, -0.1) is 11.8 Å². The maximum Gasteiger partial charge on any atom is 0.237 e. The highest BCUT2D eigenvalue weighted by Crippen LogP contribution is 2.36. The molecular formula is C16H12FNO2S. The van der Waals surface area contributed by atoms with Gasteiger partial charge >= 0.3 is 0 Å². The predicted octanol–water partition coefficient (Wildman–Crippen LogP) is 3.28. The fourth-order valence-electron chi connectivity index (χ4n) is 2.29. The lowest BCUT2D eigenvalue weighted by Crippen LogP contribution is -2.34. The Bertz CT molecular complexity index is 717. The van der Waals surface area contributed by atoms with Gasteiger partial charge in [-0.3, -0.25) is 9.59 Å². The number of carbonyl (C=O) groups excluding carboxylic acids is 2. The van der Waals surface area contributed by atoms with Gasteiger partial charge in [-0.1, -0.05) is 12.1 Å². The van der Waals surface area contributed by atoms with Gasteiger partial charge in [-0.05, 0) is 35.9 Å². The van der Waals surface area contributed by atoms with Crippen molar-refractivity contribution in [1.82, 2.24) is 0 Å². The number of hydrogen-bond acceptors (Lipinski definition) is 3. The van der Waals surface area contributed by atoms with E-state index in [4.69, 9.17) is 0 Å². The van der Waals surface area contributed by atoms with Crippen molar-refractivity contribution in [3.8, 4) is 0 Å². The molecule has 3 rings (SSSR count). The molecule has 3 nitrogen and oxygen atoms in total. The molecule has 1 heterocycles. The molecule has 0 N–H and O–H groups in total. The van der Waals surface area contributed by atoms with E-state index in [2.05, 4.69) is 0 Å². The molecule has 0 saturated carbocycles. The highest BCUT2D eigenvalue weighted by Gasteiger charge is 2.25. The third kappa shape index (κ3) is 2.83. The van der Waals surface area contributed by atoms with E-state index >= 15 is 0 Å². The van der Waals surface area contributed by atoms with Gasteiger partial charge in [0.2, 0.25) is 5.91 Å². The molecule has 106 valence electrons. The van der Waals surface area contributed by atoms with Gasteiger partial charge < -0.3 is 4.90 Å².